The van der Waals surface area contributed by atoms with Gasteiger partial charge >= 0.3 is 0 Å². The van der Waals surface area contributed by atoms with Gasteiger partial charge in [-0.3, -0.25) is 19.5 Å². The van der Waals surface area contributed by atoms with Gasteiger partial charge in [-0.2, -0.15) is 0 Å². The fraction of sp³-hybridized carbons (Fsp3) is 0.480. The highest BCUT2D eigenvalue weighted by Crippen LogP contribution is 2.32. The number of ketones is 1. The molecule has 2 aromatic rings. The van der Waals surface area contributed by atoms with Crippen molar-refractivity contribution in [2.75, 3.05) is 39.3 Å². The van der Waals surface area contributed by atoms with E-state index in [1.54, 1.807) is 12.4 Å². The third kappa shape index (κ3) is 6.14. The largest absolute Gasteiger partial charge is 0.494 e. The van der Waals surface area contributed by atoms with E-state index in [4.69, 9.17) is 10.5 Å². The van der Waals surface area contributed by atoms with Crippen LogP contribution in [0.25, 0.3) is 0 Å². The summed E-state index contributed by atoms with van der Waals surface area (Å²) in [6, 6.07) is 10.8. The summed E-state index contributed by atoms with van der Waals surface area (Å²) in [6.07, 6.45) is 6.95. The van der Waals surface area contributed by atoms with Crippen molar-refractivity contribution in [3.63, 3.8) is 0 Å². The van der Waals surface area contributed by atoms with Crippen LogP contribution in [-0.2, 0) is 11.2 Å². The van der Waals surface area contributed by atoms with Gasteiger partial charge in [-0.05, 0) is 67.6 Å². The van der Waals surface area contributed by atoms with Gasteiger partial charge in [0.1, 0.15) is 5.75 Å². The van der Waals surface area contributed by atoms with Crippen LogP contribution in [-0.4, -0.2) is 71.8 Å². The van der Waals surface area contributed by atoms with Gasteiger partial charge in [0.05, 0.1) is 12.6 Å². The Bertz CT molecular complexity index is 891. The maximum absolute atomic E-state index is 12.7. The minimum absolute atomic E-state index is 0.0217. The molecule has 0 unspecified atom stereocenters. The van der Waals surface area contributed by atoms with Gasteiger partial charge < -0.3 is 15.4 Å². The first-order valence-corrected chi connectivity index (χ1v) is 11.5. The summed E-state index contributed by atoms with van der Waals surface area (Å²) in [5, 5.41) is 0. The topological polar surface area (TPSA) is 88.8 Å². The van der Waals surface area contributed by atoms with Crippen LogP contribution in [0.4, 0.5) is 0 Å². The summed E-state index contributed by atoms with van der Waals surface area (Å²) < 4.78 is 5.83. The highest BCUT2D eigenvalue weighted by molar-refractivity contribution is 5.99. The summed E-state index contributed by atoms with van der Waals surface area (Å²) in [6.45, 7) is 4.69. The molecule has 1 saturated carbocycles. The molecule has 0 radical (unpaired) electrons. The fourth-order valence-corrected chi connectivity index (χ4v) is 4.06. The zero-order valence-corrected chi connectivity index (χ0v) is 18.5. The van der Waals surface area contributed by atoms with E-state index in [1.165, 1.54) is 0 Å². The number of benzene rings is 1. The van der Waals surface area contributed by atoms with Gasteiger partial charge in [0.15, 0.2) is 5.78 Å². The van der Waals surface area contributed by atoms with E-state index in [-0.39, 0.29) is 17.6 Å². The predicted octanol–water partition coefficient (Wildman–Crippen LogP) is 2.16. The van der Waals surface area contributed by atoms with Crippen molar-refractivity contribution in [2.24, 2.45) is 11.7 Å². The van der Waals surface area contributed by atoms with E-state index in [1.807, 2.05) is 41.3 Å². The van der Waals surface area contributed by atoms with Crippen molar-refractivity contribution in [2.45, 2.75) is 31.7 Å². The molecular weight excluding hydrogens is 404 g/mol. The third-order valence-corrected chi connectivity index (χ3v) is 6.18. The maximum atomic E-state index is 12.7. The molecule has 7 nitrogen and oxygen atoms in total. The van der Waals surface area contributed by atoms with Gasteiger partial charge in [0, 0.05) is 56.6 Å². The number of carbonyl (C=O) groups is 2. The van der Waals surface area contributed by atoms with E-state index >= 15 is 0 Å². The van der Waals surface area contributed by atoms with E-state index in [0.29, 0.717) is 26.1 Å². The number of piperazine rings is 1. The zero-order chi connectivity index (χ0) is 22.3. The van der Waals surface area contributed by atoms with E-state index in [9.17, 15) is 9.59 Å². The minimum atomic E-state index is -0.511. The fourth-order valence-electron chi connectivity index (χ4n) is 4.06. The number of amides is 1. The first kappa shape index (κ1) is 22.4. The Kier molecular flexibility index (Phi) is 7.50. The molecule has 0 bridgehead atoms. The number of rotatable bonds is 10. The first-order chi connectivity index (χ1) is 15.6. The van der Waals surface area contributed by atoms with Crippen molar-refractivity contribution in [3.05, 3.63) is 59.9 Å². The molecule has 170 valence electrons. The summed E-state index contributed by atoms with van der Waals surface area (Å²) in [5.41, 5.74) is 7.97. The standard InChI is InChI=1S/C25H32N4O3/c26-23(18-19-8-10-27-11-9-19)25(31)29-15-13-28(14-16-29)12-1-17-32-22-6-4-21(5-7-22)24(30)20-2-3-20/h4-11,20,23H,1-3,12-18,26H2/t23-/m1/s1. The van der Waals surface area contributed by atoms with Gasteiger partial charge in [-0.15, -0.1) is 0 Å². The summed E-state index contributed by atoms with van der Waals surface area (Å²) in [4.78, 5) is 33.0. The maximum Gasteiger partial charge on any atom is 0.239 e. The average molecular weight is 437 g/mol. The molecule has 1 saturated heterocycles. The lowest BCUT2D eigenvalue weighted by Gasteiger charge is -2.35. The number of hydrogen-bond donors (Lipinski definition) is 1. The molecule has 2 heterocycles. The van der Waals surface area contributed by atoms with Gasteiger partial charge in [-0.25, -0.2) is 0 Å². The number of hydrogen-bond acceptors (Lipinski definition) is 6. The van der Waals surface area contributed by atoms with Gasteiger partial charge in [0.25, 0.3) is 0 Å². The Labute approximate surface area is 189 Å². The molecule has 1 aliphatic heterocycles. The lowest BCUT2D eigenvalue weighted by Crippen LogP contribution is -2.53. The molecule has 2 N–H and O–H groups in total. The molecule has 32 heavy (non-hydrogen) atoms. The van der Waals surface area contributed by atoms with Crippen LogP contribution in [0, 0.1) is 5.92 Å². The van der Waals surface area contributed by atoms with E-state index in [2.05, 4.69) is 9.88 Å². The Morgan fingerprint density at radius 1 is 1.03 bits per heavy atom. The van der Waals surface area contributed by atoms with Crippen LogP contribution in [0.2, 0.25) is 0 Å². The molecular formula is C25H32N4O3. The number of carbonyl (C=O) groups excluding carboxylic acids is 2. The van der Waals surface area contributed by atoms with Crippen molar-refractivity contribution in [3.8, 4) is 5.75 Å². The number of nitrogens with two attached hydrogens (primary N) is 1. The molecule has 0 spiro atoms. The number of nitrogens with zero attached hydrogens (tertiary/aromatic N) is 3. The molecule has 1 aliphatic carbocycles. The van der Waals surface area contributed by atoms with Crippen LogP contribution in [0.5, 0.6) is 5.75 Å². The Morgan fingerprint density at radius 3 is 2.38 bits per heavy atom. The van der Waals surface area contributed by atoms with Crippen LogP contribution in [0.3, 0.4) is 0 Å². The van der Waals surface area contributed by atoms with Crippen molar-refractivity contribution < 1.29 is 14.3 Å². The van der Waals surface area contributed by atoms with Gasteiger partial charge in [-0.1, -0.05) is 0 Å². The number of aromatic nitrogens is 1. The minimum Gasteiger partial charge on any atom is -0.494 e. The number of Topliss-reactive ketones (excluding diaryl/α,β-unsaturated/α-hetero) is 1. The zero-order valence-electron chi connectivity index (χ0n) is 18.5. The molecule has 1 aromatic heterocycles. The molecule has 7 heteroatoms. The summed E-state index contributed by atoms with van der Waals surface area (Å²) in [5.74, 6) is 1.33. The first-order valence-electron chi connectivity index (χ1n) is 11.5. The second-order valence-corrected chi connectivity index (χ2v) is 8.70. The van der Waals surface area contributed by atoms with E-state index in [0.717, 1.165) is 55.8 Å². The normalized spacial score (nSPS) is 17.7. The van der Waals surface area contributed by atoms with Crippen molar-refractivity contribution >= 4 is 11.7 Å². The van der Waals surface area contributed by atoms with Crippen molar-refractivity contribution in [1.29, 1.82) is 0 Å². The monoisotopic (exact) mass is 436 g/mol. The predicted molar refractivity (Wildman–Crippen MR) is 123 cm³/mol. The average Bonchev–Trinajstić information content (AvgIpc) is 3.68. The molecule has 1 aromatic carbocycles. The lowest BCUT2D eigenvalue weighted by molar-refractivity contribution is -0.134. The molecule has 1 atom stereocenters. The second-order valence-electron chi connectivity index (χ2n) is 8.70. The lowest BCUT2D eigenvalue weighted by atomic mass is 10.1. The molecule has 2 fully saturated rings. The Hall–Kier alpha value is -2.77. The molecule has 4 rings (SSSR count). The quantitative estimate of drug-likeness (QED) is 0.454. The Balaban J connectivity index is 1.12. The van der Waals surface area contributed by atoms with Crippen LogP contribution >= 0.6 is 0 Å². The SMILES string of the molecule is N[C@H](Cc1ccncc1)C(=O)N1CCN(CCCOc2ccc(C(=O)C3CC3)cc2)CC1. The summed E-state index contributed by atoms with van der Waals surface area (Å²) >= 11 is 0. The Morgan fingerprint density at radius 2 is 1.72 bits per heavy atom. The second kappa shape index (κ2) is 10.7. The van der Waals surface area contributed by atoms with Gasteiger partial charge in [0.2, 0.25) is 5.91 Å². The summed E-state index contributed by atoms with van der Waals surface area (Å²) in [7, 11) is 0. The number of pyridine rings is 1. The smallest absolute Gasteiger partial charge is 0.239 e. The number of ether oxygens (including phenoxy) is 1. The van der Waals surface area contributed by atoms with Crippen LogP contribution in [0.15, 0.2) is 48.8 Å². The molecule has 2 aliphatic rings. The third-order valence-electron chi connectivity index (χ3n) is 6.18. The van der Waals surface area contributed by atoms with E-state index < -0.39 is 6.04 Å². The highest BCUT2D eigenvalue weighted by Gasteiger charge is 2.30. The molecule has 1 amide bonds. The van der Waals surface area contributed by atoms with Crippen LogP contribution in [0.1, 0.15) is 35.2 Å². The highest BCUT2D eigenvalue weighted by atomic mass is 16.5. The van der Waals surface area contributed by atoms with Crippen molar-refractivity contribution in [1.82, 2.24) is 14.8 Å². The van der Waals surface area contributed by atoms with Crippen LogP contribution < -0.4 is 10.5 Å².